The molecule has 2 fully saturated rings. The first-order chi connectivity index (χ1) is 14.5. The van der Waals surface area contributed by atoms with Gasteiger partial charge in [0.2, 0.25) is 12.3 Å². The van der Waals surface area contributed by atoms with Crippen LogP contribution in [-0.4, -0.2) is 82.1 Å². The molecule has 0 aliphatic carbocycles. The Bertz CT molecular complexity index is 772. The number of hydrogen-bond acceptors (Lipinski definition) is 7. The maximum Gasteiger partial charge on any atom is 0.221 e. The van der Waals surface area contributed by atoms with Crippen molar-refractivity contribution >= 4 is 29.5 Å². The zero-order valence-electron chi connectivity index (χ0n) is 17.8. The zero-order chi connectivity index (χ0) is 21.6. The highest BCUT2D eigenvalue weighted by atomic mass is 16.5. The van der Waals surface area contributed by atoms with Crippen LogP contribution in [-0.2, 0) is 14.3 Å². The summed E-state index contributed by atoms with van der Waals surface area (Å²) in [4.78, 5) is 26.6. The Balaban J connectivity index is 1.76. The van der Waals surface area contributed by atoms with Gasteiger partial charge in [-0.05, 0) is 44.1 Å². The van der Waals surface area contributed by atoms with Crippen molar-refractivity contribution < 1.29 is 14.3 Å². The van der Waals surface area contributed by atoms with E-state index in [-0.39, 0.29) is 30.3 Å². The minimum atomic E-state index is -0.169. The predicted octanol–water partition coefficient (Wildman–Crippen LogP) is 0.607. The largest absolute Gasteiger partial charge is 0.387 e. The van der Waals surface area contributed by atoms with Crippen LogP contribution in [0.5, 0.6) is 0 Å². The second-order valence-corrected chi connectivity index (χ2v) is 7.75. The van der Waals surface area contributed by atoms with Crippen LogP contribution < -0.4 is 20.9 Å². The number of anilines is 2. The van der Waals surface area contributed by atoms with Crippen LogP contribution in [0.15, 0.2) is 18.2 Å². The van der Waals surface area contributed by atoms with Crippen LogP contribution in [0.3, 0.4) is 0 Å². The van der Waals surface area contributed by atoms with Gasteiger partial charge in [-0.15, -0.1) is 0 Å². The number of ether oxygens (including phenoxy) is 1. The highest BCUT2D eigenvalue weighted by Gasteiger charge is 2.38. The molecule has 1 aromatic rings. The molecule has 0 aromatic heterocycles. The molecule has 2 amide bonds. The van der Waals surface area contributed by atoms with E-state index in [9.17, 15) is 9.59 Å². The van der Waals surface area contributed by atoms with E-state index in [1.54, 1.807) is 14.1 Å². The molecule has 0 bridgehead atoms. The van der Waals surface area contributed by atoms with Crippen LogP contribution >= 0.6 is 0 Å². The SMILES string of the molecule is CNC(=O)CCN(C=O)C(=N)c1ccc(N2CCOC3(CCNCC3)C2)cc1NC. The van der Waals surface area contributed by atoms with E-state index < -0.39 is 0 Å². The van der Waals surface area contributed by atoms with Gasteiger partial charge in [-0.2, -0.15) is 0 Å². The molecule has 0 saturated carbocycles. The van der Waals surface area contributed by atoms with Crippen LogP contribution in [0, 0.1) is 5.41 Å². The first kappa shape index (κ1) is 22.0. The summed E-state index contributed by atoms with van der Waals surface area (Å²) in [5.41, 5.74) is 2.37. The number of amides is 2. The molecule has 1 spiro atoms. The molecule has 2 heterocycles. The lowest BCUT2D eigenvalue weighted by atomic mass is 9.90. The molecule has 164 valence electrons. The molecule has 2 aliphatic rings. The summed E-state index contributed by atoms with van der Waals surface area (Å²) in [6, 6.07) is 5.88. The predicted molar refractivity (Wildman–Crippen MR) is 117 cm³/mol. The summed E-state index contributed by atoms with van der Waals surface area (Å²) >= 11 is 0. The smallest absolute Gasteiger partial charge is 0.221 e. The Morgan fingerprint density at radius 3 is 2.80 bits per heavy atom. The second-order valence-electron chi connectivity index (χ2n) is 7.75. The van der Waals surface area contributed by atoms with E-state index in [0.29, 0.717) is 18.6 Å². The van der Waals surface area contributed by atoms with Gasteiger partial charge < -0.3 is 25.6 Å². The number of nitrogens with one attached hydrogen (secondary N) is 4. The number of carbonyl (C=O) groups excluding carboxylic acids is 2. The third kappa shape index (κ3) is 4.91. The quantitative estimate of drug-likeness (QED) is 0.295. The van der Waals surface area contributed by atoms with Gasteiger partial charge in [-0.25, -0.2) is 0 Å². The average molecular weight is 417 g/mol. The Hall–Kier alpha value is -2.65. The molecule has 2 saturated heterocycles. The van der Waals surface area contributed by atoms with Gasteiger partial charge in [-0.3, -0.25) is 19.9 Å². The normalized spacial score (nSPS) is 18.0. The van der Waals surface area contributed by atoms with E-state index in [2.05, 4.69) is 20.9 Å². The third-order valence-electron chi connectivity index (χ3n) is 5.93. The molecule has 9 heteroatoms. The van der Waals surface area contributed by atoms with Crippen LogP contribution in [0.1, 0.15) is 24.8 Å². The second kappa shape index (κ2) is 9.90. The fourth-order valence-corrected chi connectivity index (χ4v) is 4.11. The van der Waals surface area contributed by atoms with Gasteiger partial charge in [0.05, 0.1) is 12.2 Å². The van der Waals surface area contributed by atoms with Crippen LogP contribution in [0.4, 0.5) is 11.4 Å². The number of hydrogen-bond donors (Lipinski definition) is 4. The van der Waals surface area contributed by atoms with Crippen molar-refractivity contribution in [1.29, 1.82) is 5.41 Å². The van der Waals surface area contributed by atoms with Gasteiger partial charge in [0.1, 0.15) is 5.84 Å². The van der Waals surface area contributed by atoms with Crippen molar-refractivity contribution in [2.45, 2.75) is 24.9 Å². The van der Waals surface area contributed by atoms with Gasteiger partial charge >= 0.3 is 0 Å². The number of amidine groups is 1. The highest BCUT2D eigenvalue weighted by molar-refractivity contribution is 6.06. The first-order valence-electron chi connectivity index (χ1n) is 10.4. The maximum atomic E-state index is 11.5. The molecule has 3 rings (SSSR count). The molecule has 0 radical (unpaired) electrons. The third-order valence-corrected chi connectivity index (χ3v) is 5.93. The zero-order valence-corrected chi connectivity index (χ0v) is 17.8. The van der Waals surface area contributed by atoms with Crippen molar-refractivity contribution in [3.8, 4) is 0 Å². The maximum absolute atomic E-state index is 11.5. The van der Waals surface area contributed by atoms with Crippen molar-refractivity contribution in [1.82, 2.24) is 15.5 Å². The van der Waals surface area contributed by atoms with Gasteiger partial charge in [0.25, 0.3) is 0 Å². The number of benzene rings is 1. The summed E-state index contributed by atoms with van der Waals surface area (Å²) in [6.45, 7) is 4.48. The number of rotatable bonds is 7. The van der Waals surface area contributed by atoms with E-state index in [4.69, 9.17) is 10.1 Å². The fourth-order valence-electron chi connectivity index (χ4n) is 4.11. The molecule has 0 unspecified atom stereocenters. The van der Waals surface area contributed by atoms with Crippen molar-refractivity contribution in [3.05, 3.63) is 23.8 Å². The average Bonchev–Trinajstić information content (AvgIpc) is 2.79. The molecule has 2 aliphatic heterocycles. The molecule has 0 atom stereocenters. The molecule has 4 N–H and O–H groups in total. The number of nitrogens with zero attached hydrogens (tertiary/aromatic N) is 2. The first-order valence-corrected chi connectivity index (χ1v) is 10.4. The lowest BCUT2D eigenvalue weighted by Crippen LogP contribution is -2.56. The van der Waals surface area contributed by atoms with Crippen LogP contribution in [0.2, 0.25) is 0 Å². The Kier molecular flexibility index (Phi) is 7.28. The lowest BCUT2D eigenvalue weighted by Gasteiger charge is -2.46. The number of piperidine rings is 1. The van der Waals surface area contributed by atoms with Crippen molar-refractivity contribution in [3.63, 3.8) is 0 Å². The lowest BCUT2D eigenvalue weighted by molar-refractivity contribution is -0.121. The van der Waals surface area contributed by atoms with Crippen molar-refractivity contribution in [2.75, 3.05) is 63.6 Å². The van der Waals surface area contributed by atoms with Crippen LogP contribution in [0.25, 0.3) is 0 Å². The summed E-state index contributed by atoms with van der Waals surface area (Å²) in [6.07, 6.45) is 2.76. The number of morpholine rings is 1. The summed E-state index contributed by atoms with van der Waals surface area (Å²) in [5, 5.41) is 17.6. The van der Waals surface area contributed by atoms with Gasteiger partial charge in [0.15, 0.2) is 0 Å². The molecular weight excluding hydrogens is 384 g/mol. The fraction of sp³-hybridized carbons (Fsp3) is 0.571. The summed E-state index contributed by atoms with van der Waals surface area (Å²) in [7, 11) is 3.36. The molecule has 9 nitrogen and oxygen atoms in total. The number of carbonyl (C=O) groups is 2. The van der Waals surface area contributed by atoms with E-state index in [1.807, 2.05) is 18.2 Å². The molecular formula is C21H32N6O3. The Labute approximate surface area is 177 Å². The van der Waals surface area contributed by atoms with Crippen molar-refractivity contribution in [2.24, 2.45) is 0 Å². The Morgan fingerprint density at radius 2 is 2.13 bits per heavy atom. The minimum Gasteiger partial charge on any atom is -0.387 e. The highest BCUT2D eigenvalue weighted by Crippen LogP contribution is 2.32. The van der Waals surface area contributed by atoms with Gasteiger partial charge in [-0.1, -0.05) is 0 Å². The van der Waals surface area contributed by atoms with E-state index in [1.165, 1.54) is 4.90 Å². The topological polar surface area (TPSA) is 110 Å². The molecule has 1 aromatic carbocycles. The van der Waals surface area contributed by atoms with E-state index in [0.717, 1.165) is 50.4 Å². The standard InChI is InChI=1S/C21H32N6O3/c1-23-18-13-16(26-11-12-30-21(14-26)6-8-25-9-7-21)3-4-17(18)20(22)27(15-28)10-5-19(29)24-2/h3-4,13,15,22-23,25H,5-12,14H2,1-2H3,(H,24,29). The van der Waals surface area contributed by atoms with Gasteiger partial charge in [0, 0.05) is 57.1 Å². The summed E-state index contributed by atoms with van der Waals surface area (Å²) in [5.74, 6) is -0.0976. The molecule has 30 heavy (non-hydrogen) atoms. The van der Waals surface area contributed by atoms with E-state index >= 15 is 0 Å². The summed E-state index contributed by atoms with van der Waals surface area (Å²) < 4.78 is 6.17. The monoisotopic (exact) mass is 416 g/mol. The Morgan fingerprint density at radius 1 is 1.37 bits per heavy atom. The minimum absolute atomic E-state index is 0.0709.